The van der Waals surface area contributed by atoms with Gasteiger partial charge in [0, 0.05) is 31.4 Å². The average molecular weight is 398 g/mol. The van der Waals surface area contributed by atoms with Gasteiger partial charge in [-0.25, -0.2) is 10.4 Å². The van der Waals surface area contributed by atoms with E-state index in [0.717, 1.165) is 11.8 Å². The van der Waals surface area contributed by atoms with Crippen molar-refractivity contribution in [3.8, 4) is 5.69 Å². The lowest BCUT2D eigenvalue weighted by atomic mass is 10.1. The van der Waals surface area contributed by atoms with Gasteiger partial charge in [0.2, 0.25) is 0 Å². The lowest BCUT2D eigenvalue weighted by Gasteiger charge is -2.35. The van der Waals surface area contributed by atoms with Gasteiger partial charge in [0.1, 0.15) is 5.38 Å². The van der Waals surface area contributed by atoms with Gasteiger partial charge in [-0.05, 0) is 12.1 Å². The van der Waals surface area contributed by atoms with E-state index in [9.17, 15) is 18.0 Å². The summed E-state index contributed by atoms with van der Waals surface area (Å²) in [5.74, 6) is -0.375. The summed E-state index contributed by atoms with van der Waals surface area (Å²) in [7, 11) is 0. The maximum Gasteiger partial charge on any atom is 0.418 e. The van der Waals surface area contributed by atoms with Crippen LogP contribution in [0.4, 0.5) is 13.2 Å². The topological polar surface area (TPSA) is 62.5 Å². The first kappa shape index (κ1) is 18.0. The molecule has 1 aromatic carbocycles. The van der Waals surface area contributed by atoms with E-state index in [-0.39, 0.29) is 17.6 Å². The molecular weight excluding hydrogens is 383 g/mol. The van der Waals surface area contributed by atoms with Gasteiger partial charge >= 0.3 is 6.18 Å². The quantitative estimate of drug-likeness (QED) is 0.791. The summed E-state index contributed by atoms with van der Waals surface area (Å²) in [4.78, 5) is 18.0. The van der Waals surface area contributed by atoms with Crippen molar-refractivity contribution in [3.05, 3.63) is 47.5 Å². The van der Waals surface area contributed by atoms with Crippen molar-refractivity contribution in [1.29, 1.82) is 0 Å². The van der Waals surface area contributed by atoms with Gasteiger partial charge in [-0.1, -0.05) is 12.1 Å². The number of halogens is 4. The Hall–Kier alpha value is -2.39. The van der Waals surface area contributed by atoms with Crippen molar-refractivity contribution in [1.82, 2.24) is 19.9 Å². The molecule has 0 saturated carbocycles. The highest BCUT2D eigenvalue weighted by atomic mass is 35.5. The predicted octanol–water partition coefficient (Wildman–Crippen LogP) is 2.34. The Labute approximate surface area is 157 Å². The van der Waals surface area contributed by atoms with Gasteiger partial charge in [0.25, 0.3) is 5.91 Å². The fraction of sp³-hybridized carbons (Fsp3) is 0.353. The number of nitrogens with zero attached hydrogens (tertiary/aromatic N) is 4. The number of hydrazone groups is 1. The molecule has 4 rings (SSSR count). The number of benzene rings is 1. The van der Waals surface area contributed by atoms with Crippen LogP contribution in [-0.2, 0) is 23.9 Å². The summed E-state index contributed by atoms with van der Waals surface area (Å²) >= 11 is 6.17. The molecule has 1 amide bonds. The first-order valence-electron chi connectivity index (χ1n) is 8.29. The Morgan fingerprint density at radius 3 is 2.81 bits per heavy atom. The zero-order chi connectivity index (χ0) is 19.2. The summed E-state index contributed by atoms with van der Waals surface area (Å²) in [6, 6.07) is 5.05. The van der Waals surface area contributed by atoms with E-state index in [1.54, 1.807) is 12.3 Å². The Balaban J connectivity index is 1.65. The van der Waals surface area contributed by atoms with Crippen LogP contribution in [0.15, 0.2) is 35.7 Å². The van der Waals surface area contributed by atoms with E-state index >= 15 is 0 Å². The summed E-state index contributed by atoms with van der Waals surface area (Å²) in [5.41, 5.74) is 3.06. The van der Waals surface area contributed by atoms with Crippen LogP contribution in [0.3, 0.4) is 0 Å². The number of para-hydroxylation sites is 1. The van der Waals surface area contributed by atoms with Gasteiger partial charge in [0.05, 0.1) is 29.3 Å². The molecule has 3 heterocycles. The highest BCUT2D eigenvalue weighted by Crippen LogP contribution is 2.35. The number of fused-ring (bicyclic) bond motifs is 1. The molecule has 0 radical (unpaired) electrons. The second kappa shape index (κ2) is 6.65. The lowest BCUT2D eigenvalue weighted by molar-refractivity contribution is -0.137. The molecule has 142 valence electrons. The van der Waals surface area contributed by atoms with Gasteiger partial charge in [-0.3, -0.25) is 9.69 Å². The molecule has 1 N–H and O–H groups in total. The van der Waals surface area contributed by atoms with Gasteiger partial charge in [-0.2, -0.15) is 18.3 Å². The van der Waals surface area contributed by atoms with E-state index in [0.29, 0.717) is 25.2 Å². The Morgan fingerprint density at radius 1 is 1.26 bits per heavy atom. The minimum atomic E-state index is -4.45. The van der Waals surface area contributed by atoms with Crippen molar-refractivity contribution >= 4 is 23.7 Å². The van der Waals surface area contributed by atoms with Crippen LogP contribution in [0, 0.1) is 0 Å². The summed E-state index contributed by atoms with van der Waals surface area (Å²) in [6.45, 7) is 0.907. The average Bonchev–Trinajstić information content (AvgIpc) is 3.06. The van der Waals surface area contributed by atoms with Crippen molar-refractivity contribution in [2.45, 2.75) is 30.6 Å². The molecule has 0 saturated heterocycles. The minimum Gasteiger partial charge on any atom is -0.302 e. The number of imidazole rings is 1. The second-order valence-corrected chi connectivity index (χ2v) is 6.86. The molecule has 2 aliphatic heterocycles. The molecule has 0 spiro atoms. The van der Waals surface area contributed by atoms with Crippen LogP contribution in [0.1, 0.15) is 17.0 Å². The Morgan fingerprint density at radius 2 is 2.04 bits per heavy atom. The Bertz CT molecular complexity index is 910. The van der Waals surface area contributed by atoms with Crippen LogP contribution >= 0.6 is 11.6 Å². The van der Waals surface area contributed by atoms with Crippen LogP contribution in [-0.4, -0.2) is 44.5 Å². The molecule has 27 heavy (non-hydrogen) atoms. The molecule has 0 fully saturated rings. The van der Waals surface area contributed by atoms with E-state index in [1.165, 1.54) is 23.0 Å². The Kier molecular flexibility index (Phi) is 4.43. The molecule has 2 atom stereocenters. The largest absolute Gasteiger partial charge is 0.418 e. The van der Waals surface area contributed by atoms with Crippen LogP contribution in [0.25, 0.3) is 5.69 Å². The maximum atomic E-state index is 13.3. The third-order valence-corrected chi connectivity index (χ3v) is 5.24. The van der Waals surface area contributed by atoms with Crippen molar-refractivity contribution < 1.29 is 18.0 Å². The molecule has 2 aliphatic rings. The highest BCUT2D eigenvalue weighted by Gasteiger charge is 2.37. The molecule has 2 aromatic rings. The summed E-state index contributed by atoms with van der Waals surface area (Å²) < 4.78 is 41.5. The standard InChI is InChI=1S/C17H15ClF3N5O/c18-15-14(7-23-24-16(15)27)25-6-5-13-11(8-25)22-9-26(13)12-4-2-1-3-10(12)17(19,20)21/h1-4,7,9,14-15H,5-6,8H2,(H,24,27). The molecule has 0 aliphatic carbocycles. The van der Waals surface area contributed by atoms with Gasteiger partial charge in [0.15, 0.2) is 0 Å². The maximum absolute atomic E-state index is 13.3. The number of nitrogens with one attached hydrogen (secondary N) is 1. The normalized spacial score (nSPS) is 23.2. The van der Waals surface area contributed by atoms with E-state index in [1.807, 2.05) is 4.90 Å². The second-order valence-electron chi connectivity index (χ2n) is 6.39. The van der Waals surface area contributed by atoms with Gasteiger partial charge < -0.3 is 4.57 Å². The van der Waals surface area contributed by atoms with E-state index in [4.69, 9.17) is 11.6 Å². The first-order chi connectivity index (χ1) is 12.9. The van der Waals surface area contributed by atoms with E-state index in [2.05, 4.69) is 15.5 Å². The number of hydrogen-bond donors (Lipinski definition) is 1. The fourth-order valence-electron chi connectivity index (χ4n) is 3.46. The molecule has 1 aromatic heterocycles. The fourth-order valence-corrected chi connectivity index (χ4v) is 3.74. The molecule has 10 heteroatoms. The summed E-state index contributed by atoms with van der Waals surface area (Å²) in [5, 5.41) is 3.03. The number of rotatable bonds is 2. The zero-order valence-corrected chi connectivity index (χ0v) is 14.7. The molecule has 0 bridgehead atoms. The smallest absolute Gasteiger partial charge is 0.302 e. The van der Waals surface area contributed by atoms with Crippen molar-refractivity contribution in [2.75, 3.05) is 6.54 Å². The molecule has 2 unspecified atom stereocenters. The van der Waals surface area contributed by atoms with Crippen molar-refractivity contribution in [3.63, 3.8) is 0 Å². The first-order valence-corrected chi connectivity index (χ1v) is 8.73. The number of hydrogen-bond acceptors (Lipinski definition) is 4. The van der Waals surface area contributed by atoms with Crippen LogP contribution in [0.2, 0.25) is 0 Å². The SMILES string of the molecule is O=C1NN=CC(N2CCc3c(ncn3-c3ccccc3C(F)(F)F)C2)C1Cl. The van der Waals surface area contributed by atoms with E-state index < -0.39 is 17.1 Å². The minimum absolute atomic E-state index is 0.0565. The number of carbonyl (C=O) groups is 1. The van der Waals surface area contributed by atoms with Crippen LogP contribution in [0.5, 0.6) is 0 Å². The predicted molar refractivity (Wildman–Crippen MR) is 92.7 cm³/mol. The third kappa shape index (κ3) is 3.21. The number of amides is 1. The molecular formula is C17H15ClF3N5O. The number of alkyl halides is 4. The zero-order valence-electron chi connectivity index (χ0n) is 13.9. The van der Waals surface area contributed by atoms with Crippen LogP contribution < -0.4 is 5.43 Å². The highest BCUT2D eigenvalue weighted by molar-refractivity contribution is 6.32. The third-order valence-electron chi connectivity index (χ3n) is 4.78. The number of aromatic nitrogens is 2. The van der Waals surface area contributed by atoms with Gasteiger partial charge in [-0.15, -0.1) is 11.6 Å². The lowest BCUT2D eigenvalue weighted by Crippen LogP contribution is -2.52. The molecule has 6 nitrogen and oxygen atoms in total. The summed E-state index contributed by atoms with van der Waals surface area (Å²) in [6.07, 6.45) is -0.984. The monoisotopic (exact) mass is 397 g/mol. The number of carbonyl (C=O) groups excluding carboxylic acids is 1. The van der Waals surface area contributed by atoms with Crippen molar-refractivity contribution in [2.24, 2.45) is 5.10 Å².